The van der Waals surface area contributed by atoms with Gasteiger partial charge in [0.15, 0.2) is 11.6 Å². The molecule has 1 fully saturated rings. The molecule has 7 heteroatoms. The first kappa shape index (κ1) is 18.3. The second-order valence-corrected chi connectivity index (χ2v) is 6.49. The molecular formula is C19H20F2N2O3. The van der Waals surface area contributed by atoms with Crippen LogP contribution in [0.2, 0.25) is 0 Å². The molecule has 1 N–H and O–H groups in total. The average Bonchev–Trinajstić information content (AvgIpc) is 2.64. The number of rotatable bonds is 3. The van der Waals surface area contributed by atoms with Crippen LogP contribution >= 0.6 is 0 Å². The number of hydrogen-bond donors (Lipinski definition) is 1. The van der Waals surface area contributed by atoms with Crippen LogP contribution < -0.4 is 4.74 Å². The van der Waals surface area contributed by atoms with E-state index >= 15 is 0 Å². The van der Waals surface area contributed by atoms with Gasteiger partial charge in [0, 0.05) is 19.3 Å². The fourth-order valence-corrected chi connectivity index (χ4v) is 3.10. The van der Waals surface area contributed by atoms with Gasteiger partial charge in [0.2, 0.25) is 5.82 Å². The molecule has 2 heterocycles. The van der Waals surface area contributed by atoms with Crippen LogP contribution in [-0.4, -0.2) is 41.1 Å². The number of amides is 1. The van der Waals surface area contributed by atoms with Gasteiger partial charge >= 0.3 is 0 Å². The zero-order chi connectivity index (χ0) is 18.9. The molecule has 138 valence electrons. The van der Waals surface area contributed by atoms with Gasteiger partial charge in [0.1, 0.15) is 5.60 Å². The zero-order valence-corrected chi connectivity index (χ0v) is 14.6. The van der Waals surface area contributed by atoms with Crippen molar-refractivity contribution in [1.82, 2.24) is 9.88 Å². The van der Waals surface area contributed by atoms with Crippen molar-refractivity contribution in [2.24, 2.45) is 0 Å². The van der Waals surface area contributed by atoms with Gasteiger partial charge in [0.05, 0.1) is 18.4 Å². The number of hydrogen-bond acceptors (Lipinski definition) is 4. The number of pyridine rings is 1. The van der Waals surface area contributed by atoms with E-state index in [-0.39, 0.29) is 37.2 Å². The molecule has 5 nitrogen and oxygen atoms in total. The number of piperidine rings is 1. The minimum absolute atomic E-state index is 0.220. The third kappa shape index (κ3) is 3.26. The number of methoxy groups -OCH3 is 1. The number of halogens is 2. The third-order valence-electron chi connectivity index (χ3n) is 4.76. The third-order valence-corrected chi connectivity index (χ3v) is 4.76. The Morgan fingerprint density at radius 2 is 1.88 bits per heavy atom. The summed E-state index contributed by atoms with van der Waals surface area (Å²) in [5.41, 5.74) is 0.0646. The Kier molecular flexibility index (Phi) is 4.91. The van der Waals surface area contributed by atoms with E-state index in [2.05, 4.69) is 4.98 Å². The van der Waals surface area contributed by atoms with Gasteiger partial charge in [-0.2, -0.15) is 4.39 Å². The van der Waals surface area contributed by atoms with Crippen molar-refractivity contribution in [3.63, 3.8) is 0 Å². The summed E-state index contributed by atoms with van der Waals surface area (Å²) in [5, 5.41) is 10.8. The normalized spacial score (nSPS) is 16.4. The van der Waals surface area contributed by atoms with Crippen LogP contribution in [0.1, 0.15) is 34.5 Å². The molecule has 1 saturated heterocycles. The van der Waals surface area contributed by atoms with Crippen molar-refractivity contribution in [2.45, 2.75) is 25.4 Å². The van der Waals surface area contributed by atoms with Gasteiger partial charge in [-0.3, -0.25) is 9.78 Å². The molecule has 1 aliphatic heterocycles. The fraction of sp³-hybridized carbons (Fsp3) is 0.368. The molecule has 0 unspecified atom stereocenters. The standard InChI is InChI=1S/C19H20F2N2O3/c1-12-3-6-15(22-11-12)19(25)7-9-23(10-8-19)18(24)13-4-5-14(26-2)17(21)16(13)20/h3-6,11,25H,7-10H2,1-2H3. The second-order valence-electron chi connectivity index (χ2n) is 6.49. The summed E-state index contributed by atoms with van der Waals surface area (Å²) < 4.78 is 32.7. The van der Waals surface area contributed by atoms with Crippen LogP contribution in [0.5, 0.6) is 5.75 Å². The molecule has 0 aliphatic carbocycles. The summed E-state index contributed by atoms with van der Waals surface area (Å²) in [4.78, 5) is 18.2. The highest BCUT2D eigenvalue weighted by molar-refractivity contribution is 5.94. The molecule has 0 spiro atoms. The van der Waals surface area contributed by atoms with E-state index in [0.29, 0.717) is 5.69 Å². The van der Waals surface area contributed by atoms with E-state index in [4.69, 9.17) is 4.74 Å². The quantitative estimate of drug-likeness (QED) is 0.912. The lowest BCUT2D eigenvalue weighted by molar-refractivity contribution is -0.0245. The zero-order valence-electron chi connectivity index (χ0n) is 14.6. The molecule has 1 aromatic carbocycles. The molecule has 0 radical (unpaired) electrons. The summed E-state index contributed by atoms with van der Waals surface area (Å²) in [5.74, 6) is -3.27. The molecule has 1 aliphatic rings. The number of carbonyl (C=O) groups excluding carboxylic acids is 1. The number of likely N-dealkylation sites (tertiary alicyclic amines) is 1. The maximum Gasteiger partial charge on any atom is 0.256 e. The van der Waals surface area contributed by atoms with Crippen molar-refractivity contribution < 1.29 is 23.4 Å². The lowest BCUT2D eigenvalue weighted by Crippen LogP contribution is -2.45. The summed E-state index contributed by atoms with van der Waals surface area (Å²) in [6, 6.07) is 6.07. The molecule has 1 amide bonds. The lowest BCUT2D eigenvalue weighted by Gasteiger charge is -2.37. The Morgan fingerprint density at radius 3 is 2.46 bits per heavy atom. The first-order valence-electron chi connectivity index (χ1n) is 8.32. The molecule has 1 aromatic heterocycles. The maximum absolute atomic E-state index is 14.1. The van der Waals surface area contributed by atoms with Crippen molar-refractivity contribution in [3.8, 4) is 5.75 Å². The summed E-state index contributed by atoms with van der Waals surface area (Å²) in [6.07, 6.45) is 2.23. The second kappa shape index (κ2) is 6.99. The van der Waals surface area contributed by atoms with Crippen LogP contribution in [0.15, 0.2) is 30.5 Å². The van der Waals surface area contributed by atoms with Crippen LogP contribution in [-0.2, 0) is 5.60 Å². The van der Waals surface area contributed by atoms with Gasteiger partial charge < -0.3 is 14.7 Å². The van der Waals surface area contributed by atoms with Crippen LogP contribution in [0.4, 0.5) is 8.78 Å². The number of aryl methyl sites for hydroxylation is 1. The minimum atomic E-state index is -1.23. The van der Waals surface area contributed by atoms with E-state index in [1.807, 2.05) is 13.0 Å². The van der Waals surface area contributed by atoms with Crippen molar-refractivity contribution in [3.05, 3.63) is 58.9 Å². The van der Waals surface area contributed by atoms with Gasteiger partial charge in [-0.15, -0.1) is 0 Å². The van der Waals surface area contributed by atoms with Crippen LogP contribution in [0.3, 0.4) is 0 Å². The van der Waals surface area contributed by atoms with Crippen LogP contribution in [0, 0.1) is 18.6 Å². The van der Waals surface area contributed by atoms with Crippen LogP contribution in [0.25, 0.3) is 0 Å². The Hall–Kier alpha value is -2.54. The summed E-state index contributed by atoms with van der Waals surface area (Å²) in [7, 11) is 1.23. The Labute approximate surface area is 150 Å². The summed E-state index contributed by atoms with van der Waals surface area (Å²) >= 11 is 0. The first-order chi connectivity index (χ1) is 12.4. The van der Waals surface area contributed by atoms with E-state index in [1.165, 1.54) is 24.1 Å². The van der Waals surface area contributed by atoms with E-state index in [1.54, 1.807) is 12.3 Å². The van der Waals surface area contributed by atoms with Gasteiger partial charge in [-0.1, -0.05) is 6.07 Å². The summed E-state index contributed by atoms with van der Waals surface area (Å²) in [6.45, 7) is 2.35. The number of carbonyl (C=O) groups is 1. The fourth-order valence-electron chi connectivity index (χ4n) is 3.10. The van der Waals surface area contributed by atoms with E-state index in [0.717, 1.165) is 5.56 Å². The Balaban J connectivity index is 1.75. The van der Waals surface area contributed by atoms with Gasteiger partial charge in [-0.05, 0) is 43.5 Å². The predicted octanol–water partition coefficient (Wildman–Crippen LogP) is 2.80. The van der Waals surface area contributed by atoms with Crippen molar-refractivity contribution in [1.29, 1.82) is 0 Å². The topological polar surface area (TPSA) is 62.7 Å². The SMILES string of the molecule is COc1ccc(C(=O)N2CCC(O)(c3ccc(C)cn3)CC2)c(F)c1F. The Bertz CT molecular complexity index is 816. The number of benzene rings is 1. The van der Waals surface area contributed by atoms with Crippen molar-refractivity contribution in [2.75, 3.05) is 20.2 Å². The minimum Gasteiger partial charge on any atom is -0.494 e. The van der Waals surface area contributed by atoms with E-state index in [9.17, 15) is 18.7 Å². The maximum atomic E-state index is 14.1. The van der Waals surface area contributed by atoms with E-state index < -0.39 is 23.1 Å². The smallest absolute Gasteiger partial charge is 0.256 e. The Morgan fingerprint density at radius 1 is 1.19 bits per heavy atom. The highest BCUT2D eigenvalue weighted by Gasteiger charge is 2.37. The molecule has 26 heavy (non-hydrogen) atoms. The first-order valence-corrected chi connectivity index (χ1v) is 8.32. The van der Waals surface area contributed by atoms with Gasteiger partial charge in [-0.25, -0.2) is 4.39 Å². The number of nitrogens with zero attached hydrogens (tertiary/aromatic N) is 2. The highest BCUT2D eigenvalue weighted by Crippen LogP contribution is 2.32. The molecule has 0 atom stereocenters. The average molecular weight is 362 g/mol. The van der Waals surface area contributed by atoms with Crippen molar-refractivity contribution >= 4 is 5.91 Å². The molecular weight excluding hydrogens is 342 g/mol. The van der Waals surface area contributed by atoms with Gasteiger partial charge in [0.25, 0.3) is 5.91 Å². The molecule has 0 saturated carbocycles. The lowest BCUT2D eigenvalue weighted by atomic mass is 9.87. The number of aromatic nitrogens is 1. The number of ether oxygens (including phenoxy) is 1. The molecule has 0 bridgehead atoms. The highest BCUT2D eigenvalue weighted by atomic mass is 19.2. The molecule has 3 rings (SSSR count). The monoisotopic (exact) mass is 362 g/mol. The number of aliphatic hydroxyl groups is 1. The predicted molar refractivity (Wildman–Crippen MR) is 90.9 cm³/mol. The molecule has 2 aromatic rings. The largest absolute Gasteiger partial charge is 0.494 e.